The Balaban J connectivity index is 2.26. The van der Waals surface area contributed by atoms with E-state index >= 15 is 0 Å². The SMILES string of the molecule is CC(=O)CCCc1c[nH]c2cc(O)c(CO)cc12. The number of aliphatic hydroxyl groups is 1. The van der Waals surface area contributed by atoms with Crippen LogP contribution >= 0.6 is 0 Å². The standard InChI is InChI=1S/C14H17NO3/c1-9(17)3-2-4-10-7-15-13-6-14(18)11(8-16)5-12(10)13/h5-7,15-16,18H,2-4,8H2,1H3. The smallest absolute Gasteiger partial charge is 0.129 e. The first-order chi connectivity index (χ1) is 8.61. The minimum absolute atomic E-state index is 0.0992. The maximum Gasteiger partial charge on any atom is 0.129 e. The van der Waals surface area contributed by atoms with E-state index in [4.69, 9.17) is 5.11 Å². The van der Waals surface area contributed by atoms with Crippen molar-refractivity contribution in [1.82, 2.24) is 4.98 Å². The summed E-state index contributed by atoms with van der Waals surface area (Å²) in [6.45, 7) is 1.41. The molecule has 0 saturated heterocycles. The zero-order valence-corrected chi connectivity index (χ0v) is 10.4. The van der Waals surface area contributed by atoms with E-state index < -0.39 is 0 Å². The van der Waals surface area contributed by atoms with Crippen LogP contribution in [0.2, 0.25) is 0 Å². The van der Waals surface area contributed by atoms with Gasteiger partial charge in [-0.15, -0.1) is 0 Å². The molecule has 0 fully saturated rings. The summed E-state index contributed by atoms with van der Waals surface area (Å²) in [5, 5.41) is 19.8. The number of aromatic nitrogens is 1. The van der Waals surface area contributed by atoms with Crippen LogP contribution in [0.5, 0.6) is 5.75 Å². The van der Waals surface area contributed by atoms with Gasteiger partial charge in [-0.25, -0.2) is 0 Å². The van der Waals surface area contributed by atoms with Gasteiger partial charge in [0.1, 0.15) is 11.5 Å². The van der Waals surface area contributed by atoms with Gasteiger partial charge in [0.25, 0.3) is 0 Å². The molecule has 0 aliphatic carbocycles. The second kappa shape index (κ2) is 5.23. The number of carbonyl (C=O) groups is 1. The summed E-state index contributed by atoms with van der Waals surface area (Å²) >= 11 is 0. The fraction of sp³-hybridized carbons (Fsp3) is 0.357. The maximum atomic E-state index is 10.9. The number of H-pyrrole nitrogens is 1. The van der Waals surface area contributed by atoms with Crippen LogP contribution < -0.4 is 0 Å². The molecule has 0 atom stereocenters. The van der Waals surface area contributed by atoms with Gasteiger partial charge in [0.15, 0.2) is 0 Å². The summed E-state index contributed by atoms with van der Waals surface area (Å²) in [4.78, 5) is 14.0. The zero-order chi connectivity index (χ0) is 13.1. The van der Waals surface area contributed by atoms with Crippen molar-refractivity contribution >= 4 is 16.7 Å². The van der Waals surface area contributed by atoms with Crippen molar-refractivity contribution in [3.05, 3.63) is 29.5 Å². The van der Waals surface area contributed by atoms with E-state index in [0.717, 1.165) is 29.3 Å². The average Bonchev–Trinajstić information content (AvgIpc) is 2.70. The van der Waals surface area contributed by atoms with Crippen LogP contribution in [0.15, 0.2) is 18.3 Å². The second-order valence-corrected chi connectivity index (χ2v) is 4.55. The molecular formula is C14H17NO3. The van der Waals surface area contributed by atoms with Gasteiger partial charge < -0.3 is 20.0 Å². The van der Waals surface area contributed by atoms with Crippen molar-refractivity contribution in [2.24, 2.45) is 0 Å². The van der Waals surface area contributed by atoms with Crippen molar-refractivity contribution in [2.75, 3.05) is 0 Å². The van der Waals surface area contributed by atoms with Crippen molar-refractivity contribution in [2.45, 2.75) is 32.8 Å². The molecule has 0 unspecified atom stereocenters. The summed E-state index contributed by atoms with van der Waals surface area (Å²) in [6.07, 6.45) is 4.11. The van der Waals surface area contributed by atoms with E-state index in [0.29, 0.717) is 12.0 Å². The number of aliphatic hydroxyl groups excluding tert-OH is 1. The molecule has 2 rings (SSSR count). The number of hydrogen-bond acceptors (Lipinski definition) is 3. The predicted octanol–water partition coefficient (Wildman–Crippen LogP) is 2.28. The Bertz CT molecular complexity index is 572. The highest BCUT2D eigenvalue weighted by Crippen LogP contribution is 2.27. The molecule has 1 aromatic heterocycles. The van der Waals surface area contributed by atoms with Crippen LogP contribution in [0.3, 0.4) is 0 Å². The van der Waals surface area contributed by atoms with Crippen LogP contribution in [0.4, 0.5) is 0 Å². The number of aromatic amines is 1. The fourth-order valence-corrected chi connectivity index (χ4v) is 2.12. The van der Waals surface area contributed by atoms with Gasteiger partial charge in [0.05, 0.1) is 6.61 Å². The molecule has 4 nitrogen and oxygen atoms in total. The fourth-order valence-electron chi connectivity index (χ4n) is 2.12. The molecule has 96 valence electrons. The number of phenols is 1. The number of ketones is 1. The zero-order valence-electron chi connectivity index (χ0n) is 10.4. The van der Waals surface area contributed by atoms with Gasteiger partial charge in [-0.1, -0.05) is 0 Å². The Hall–Kier alpha value is -1.81. The number of hydrogen-bond donors (Lipinski definition) is 3. The Kier molecular flexibility index (Phi) is 3.67. The normalized spacial score (nSPS) is 11.0. The molecule has 4 heteroatoms. The van der Waals surface area contributed by atoms with Gasteiger partial charge in [-0.2, -0.15) is 0 Å². The Morgan fingerprint density at radius 3 is 2.78 bits per heavy atom. The molecule has 1 aromatic carbocycles. The number of fused-ring (bicyclic) bond motifs is 1. The number of nitrogens with one attached hydrogen (secondary N) is 1. The lowest BCUT2D eigenvalue weighted by atomic mass is 10.0. The highest BCUT2D eigenvalue weighted by molar-refractivity contribution is 5.85. The topological polar surface area (TPSA) is 73.3 Å². The van der Waals surface area contributed by atoms with Crippen molar-refractivity contribution in [3.8, 4) is 5.75 Å². The van der Waals surface area contributed by atoms with Crippen LogP contribution in [-0.4, -0.2) is 21.0 Å². The highest BCUT2D eigenvalue weighted by atomic mass is 16.3. The second-order valence-electron chi connectivity index (χ2n) is 4.55. The van der Waals surface area contributed by atoms with Gasteiger partial charge in [-0.05, 0) is 31.4 Å². The largest absolute Gasteiger partial charge is 0.508 e. The van der Waals surface area contributed by atoms with Crippen molar-refractivity contribution in [1.29, 1.82) is 0 Å². The number of rotatable bonds is 5. The van der Waals surface area contributed by atoms with E-state index in [1.54, 1.807) is 19.1 Å². The van der Waals surface area contributed by atoms with E-state index in [1.165, 1.54) is 0 Å². The highest BCUT2D eigenvalue weighted by Gasteiger charge is 2.08. The molecule has 0 aliphatic rings. The summed E-state index contributed by atoms with van der Waals surface area (Å²) in [7, 11) is 0. The average molecular weight is 247 g/mol. The number of aryl methyl sites for hydroxylation is 1. The van der Waals surface area contributed by atoms with E-state index in [-0.39, 0.29) is 18.1 Å². The molecule has 0 aliphatic heterocycles. The van der Waals surface area contributed by atoms with Crippen LogP contribution in [0.25, 0.3) is 10.9 Å². The molecular weight excluding hydrogens is 230 g/mol. The summed E-state index contributed by atoms with van der Waals surface area (Å²) < 4.78 is 0. The number of Topliss-reactive ketones (excluding diaryl/α,β-unsaturated/α-hetero) is 1. The Morgan fingerprint density at radius 1 is 1.33 bits per heavy atom. The van der Waals surface area contributed by atoms with E-state index in [9.17, 15) is 9.90 Å². The van der Waals surface area contributed by atoms with E-state index in [1.807, 2.05) is 6.20 Å². The summed E-state index contributed by atoms with van der Waals surface area (Å²) in [5.74, 6) is 0.297. The third kappa shape index (κ3) is 2.54. The monoisotopic (exact) mass is 247 g/mol. The van der Waals surface area contributed by atoms with Gasteiger partial charge in [0, 0.05) is 35.2 Å². The lowest BCUT2D eigenvalue weighted by molar-refractivity contribution is -0.117. The lowest BCUT2D eigenvalue weighted by Gasteiger charge is -2.03. The first-order valence-corrected chi connectivity index (χ1v) is 6.04. The third-order valence-electron chi connectivity index (χ3n) is 3.11. The van der Waals surface area contributed by atoms with E-state index in [2.05, 4.69) is 4.98 Å². The van der Waals surface area contributed by atoms with Crippen molar-refractivity contribution < 1.29 is 15.0 Å². The molecule has 0 spiro atoms. The Labute approximate surface area is 105 Å². The molecule has 1 heterocycles. The molecule has 0 saturated carbocycles. The Morgan fingerprint density at radius 2 is 2.11 bits per heavy atom. The molecule has 3 N–H and O–H groups in total. The molecule has 0 amide bonds. The third-order valence-corrected chi connectivity index (χ3v) is 3.11. The summed E-state index contributed by atoms with van der Waals surface area (Å²) in [6, 6.07) is 3.42. The first-order valence-electron chi connectivity index (χ1n) is 6.04. The van der Waals surface area contributed by atoms with Crippen molar-refractivity contribution in [3.63, 3.8) is 0 Å². The molecule has 2 aromatic rings. The summed E-state index contributed by atoms with van der Waals surface area (Å²) in [5.41, 5.74) is 2.48. The van der Waals surface area contributed by atoms with Crippen LogP contribution in [-0.2, 0) is 17.8 Å². The lowest BCUT2D eigenvalue weighted by Crippen LogP contribution is -1.92. The van der Waals surface area contributed by atoms with Gasteiger partial charge in [-0.3, -0.25) is 0 Å². The first kappa shape index (κ1) is 12.6. The maximum absolute atomic E-state index is 10.9. The van der Waals surface area contributed by atoms with Gasteiger partial charge >= 0.3 is 0 Å². The minimum atomic E-state index is -0.181. The molecule has 0 radical (unpaired) electrons. The number of carbonyl (C=O) groups excluding carboxylic acids is 1. The predicted molar refractivity (Wildman–Crippen MR) is 69.5 cm³/mol. The molecule has 0 bridgehead atoms. The van der Waals surface area contributed by atoms with Crippen LogP contribution in [0.1, 0.15) is 30.9 Å². The number of benzene rings is 1. The van der Waals surface area contributed by atoms with Crippen LogP contribution in [0, 0.1) is 0 Å². The van der Waals surface area contributed by atoms with Gasteiger partial charge in [0.2, 0.25) is 0 Å². The quantitative estimate of drug-likeness (QED) is 0.758. The minimum Gasteiger partial charge on any atom is -0.508 e. The molecule has 18 heavy (non-hydrogen) atoms. The number of aromatic hydroxyl groups is 1.